The van der Waals surface area contributed by atoms with Gasteiger partial charge in [0.05, 0.1) is 10.6 Å². The first-order chi connectivity index (χ1) is 13.9. The molecule has 1 aliphatic heterocycles. The fourth-order valence-electron chi connectivity index (χ4n) is 2.71. The lowest BCUT2D eigenvalue weighted by Gasteiger charge is -2.10. The molecular formula is C20H15FN2O5S. The van der Waals surface area contributed by atoms with Crippen LogP contribution in [-0.4, -0.2) is 21.1 Å². The molecule has 148 valence electrons. The number of fused-ring (bicyclic) bond motifs is 1. The Hall–Kier alpha value is -3.59. The summed E-state index contributed by atoms with van der Waals surface area (Å²) >= 11 is 0. The molecule has 0 atom stereocenters. The van der Waals surface area contributed by atoms with Gasteiger partial charge in [0.2, 0.25) is 6.79 Å². The fraction of sp³-hybridized carbons (Fsp3) is 0.0500. The number of sulfonamides is 1. The van der Waals surface area contributed by atoms with Crippen LogP contribution in [0, 0.1) is 5.82 Å². The van der Waals surface area contributed by atoms with Crippen molar-refractivity contribution in [3.8, 4) is 11.5 Å². The molecule has 0 unspecified atom stereocenters. The second-order valence-electron chi connectivity index (χ2n) is 6.13. The Morgan fingerprint density at radius 2 is 1.66 bits per heavy atom. The molecule has 1 heterocycles. The van der Waals surface area contributed by atoms with E-state index in [1.165, 1.54) is 42.5 Å². The SMILES string of the molecule is O=C(Nc1ccc2c(c1)OCO2)c1ccc(S(=O)(=O)Nc2ccccc2F)cc1. The highest BCUT2D eigenvalue weighted by molar-refractivity contribution is 7.92. The van der Waals surface area contributed by atoms with Gasteiger partial charge in [0.1, 0.15) is 5.82 Å². The van der Waals surface area contributed by atoms with E-state index in [1.807, 2.05) is 0 Å². The number of nitrogens with one attached hydrogen (secondary N) is 2. The third kappa shape index (κ3) is 3.99. The molecule has 0 bridgehead atoms. The van der Waals surface area contributed by atoms with Crippen LogP contribution in [0.1, 0.15) is 10.4 Å². The summed E-state index contributed by atoms with van der Waals surface area (Å²) in [5, 5.41) is 2.70. The van der Waals surface area contributed by atoms with E-state index in [-0.39, 0.29) is 22.9 Å². The molecule has 0 fully saturated rings. The number of hydrogen-bond acceptors (Lipinski definition) is 5. The summed E-state index contributed by atoms with van der Waals surface area (Å²) in [6.45, 7) is 0.129. The van der Waals surface area contributed by atoms with E-state index >= 15 is 0 Å². The van der Waals surface area contributed by atoms with Crippen LogP contribution < -0.4 is 19.5 Å². The molecule has 4 rings (SSSR count). The van der Waals surface area contributed by atoms with Gasteiger partial charge in [-0.15, -0.1) is 0 Å². The molecule has 0 saturated heterocycles. The lowest BCUT2D eigenvalue weighted by atomic mass is 10.2. The van der Waals surface area contributed by atoms with Crippen molar-refractivity contribution < 1.29 is 27.1 Å². The highest BCUT2D eigenvalue weighted by Gasteiger charge is 2.18. The molecule has 7 nitrogen and oxygen atoms in total. The molecular weight excluding hydrogens is 399 g/mol. The number of amides is 1. The molecule has 1 amide bonds. The zero-order valence-electron chi connectivity index (χ0n) is 14.9. The standard InChI is InChI=1S/C20H15FN2O5S/c21-16-3-1-2-4-17(16)23-29(25,26)15-8-5-13(6-9-15)20(24)22-14-7-10-18-19(11-14)28-12-27-18/h1-11,23H,12H2,(H,22,24). The fourth-order valence-corrected chi connectivity index (χ4v) is 3.78. The quantitative estimate of drug-likeness (QED) is 0.665. The number of ether oxygens (including phenoxy) is 2. The largest absolute Gasteiger partial charge is 0.454 e. The molecule has 9 heteroatoms. The van der Waals surface area contributed by atoms with Crippen molar-refractivity contribution in [1.82, 2.24) is 0 Å². The van der Waals surface area contributed by atoms with Gasteiger partial charge in [-0.25, -0.2) is 12.8 Å². The van der Waals surface area contributed by atoms with Gasteiger partial charge in [-0.05, 0) is 48.5 Å². The number of hydrogen-bond donors (Lipinski definition) is 2. The summed E-state index contributed by atoms with van der Waals surface area (Å²) in [6.07, 6.45) is 0. The minimum atomic E-state index is -4.00. The molecule has 0 aliphatic carbocycles. The molecule has 0 radical (unpaired) electrons. The van der Waals surface area contributed by atoms with Crippen molar-refractivity contribution in [3.05, 3.63) is 78.1 Å². The van der Waals surface area contributed by atoms with Gasteiger partial charge in [0.25, 0.3) is 15.9 Å². The summed E-state index contributed by atoms with van der Waals surface area (Å²) in [6, 6.07) is 15.7. The third-order valence-corrected chi connectivity index (χ3v) is 5.56. The van der Waals surface area contributed by atoms with Crippen molar-refractivity contribution in [1.29, 1.82) is 0 Å². The van der Waals surface area contributed by atoms with E-state index < -0.39 is 21.7 Å². The first kappa shape index (κ1) is 18.8. The predicted molar refractivity (Wildman–Crippen MR) is 104 cm³/mol. The predicted octanol–water partition coefficient (Wildman–Crippen LogP) is 3.61. The average Bonchev–Trinajstić information content (AvgIpc) is 3.17. The summed E-state index contributed by atoms with van der Waals surface area (Å²) in [4.78, 5) is 12.3. The summed E-state index contributed by atoms with van der Waals surface area (Å²) in [7, 11) is -4.00. The molecule has 0 spiro atoms. The van der Waals surface area contributed by atoms with Gasteiger partial charge in [0.15, 0.2) is 11.5 Å². The van der Waals surface area contributed by atoms with E-state index in [1.54, 1.807) is 18.2 Å². The maximum atomic E-state index is 13.7. The molecule has 29 heavy (non-hydrogen) atoms. The van der Waals surface area contributed by atoms with Gasteiger partial charge < -0.3 is 14.8 Å². The Kier molecular flexibility index (Phi) is 4.81. The Morgan fingerprint density at radius 1 is 0.931 bits per heavy atom. The Morgan fingerprint density at radius 3 is 2.41 bits per heavy atom. The lowest BCUT2D eigenvalue weighted by Crippen LogP contribution is -2.15. The van der Waals surface area contributed by atoms with Gasteiger partial charge >= 0.3 is 0 Å². The summed E-state index contributed by atoms with van der Waals surface area (Å²) < 4.78 is 51.2. The molecule has 2 N–H and O–H groups in total. The number of anilines is 2. The normalized spacial score (nSPS) is 12.4. The third-order valence-electron chi connectivity index (χ3n) is 4.18. The number of carbonyl (C=O) groups is 1. The van der Waals surface area contributed by atoms with Crippen molar-refractivity contribution in [2.24, 2.45) is 0 Å². The zero-order chi connectivity index (χ0) is 20.4. The number of para-hydroxylation sites is 1. The smallest absolute Gasteiger partial charge is 0.261 e. The maximum absolute atomic E-state index is 13.7. The lowest BCUT2D eigenvalue weighted by molar-refractivity contribution is 0.102. The number of carbonyl (C=O) groups excluding carboxylic acids is 1. The van der Waals surface area contributed by atoms with Crippen LogP contribution in [0.4, 0.5) is 15.8 Å². The van der Waals surface area contributed by atoms with Crippen molar-refractivity contribution in [2.75, 3.05) is 16.8 Å². The minimum absolute atomic E-state index is 0.0969. The van der Waals surface area contributed by atoms with Gasteiger partial charge in [-0.3, -0.25) is 9.52 Å². The van der Waals surface area contributed by atoms with Crippen LogP contribution in [0.5, 0.6) is 11.5 Å². The van der Waals surface area contributed by atoms with Crippen LogP contribution in [0.25, 0.3) is 0 Å². The Labute approximate surface area is 166 Å². The molecule has 3 aromatic carbocycles. The average molecular weight is 414 g/mol. The molecule has 3 aromatic rings. The summed E-state index contributed by atoms with van der Waals surface area (Å²) in [5.41, 5.74) is 0.613. The van der Waals surface area contributed by atoms with E-state index in [0.717, 1.165) is 6.07 Å². The highest BCUT2D eigenvalue weighted by Crippen LogP contribution is 2.34. The summed E-state index contributed by atoms with van der Waals surface area (Å²) in [5.74, 6) is 0.0223. The van der Waals surface area contributed by atoms with Crippen LogP contribution in [0.3, 0.4) is 0 Å². The van der Waals surface area contributed by atoms with E-state index in [9.17, 15) is 17.6 Å². The maximum Gasteiger partial charge on any atom is 0.261 e. The molecule has 1 aliphatic rings. The van der Waals surface area contributed by atoms with Crippen LogP contribution in [0.2, 0.25) is 0 Å². The van der Waals surface area contributed by atoms with Gasteiger partial charge in [-0.1, -0.05) is 12.1 Å². The van der Waals surface area contributed by atoms with E-state index in [0.29, 0.717) is 17.2 Å². The highest BCUT2D eigenvalue weighted by atomic mass is 32.2. The molecule has 0 aromatic heterocycles. The van der Waals surface area contributed by atoms with Crippen molar-refractivity contribution in [3.63, 3.8) is 0 Å². The minimum Gasteiger partial charge on any atom is -0.454 e. The second-order valence-corrected chi connectivity index (χ2v) is 7.81. The monoisotopic (exact) mass is 414 g/mol. The van der Waals surface area contributed by atoms with Crippen LogP contribution >= 0.6 is 0 Å². The first-order valence-electron chi connectivity index (χ1n) is 8.51. The van der Waals surface area contributed by atoms with E-state index in [4.69, 9.17) is 9.47 Å². The molecule has 0 saturated carbocycles. The van der Waals surface area contributed by atoms with Gasteiger partial charge in [-0.2, -0.15) is 0 Å². The first-order valence-corrected chi connectivity index (χ1v) is 9.99. The number of rotatable bonds is 5. The number of halogens is 1. The van der Waals surface area contributed by atoms with Crippen molar-refractivity contribution in [2.45, 2.75) is 4.90 Å². The second kappa shape index (κ2) is 7.44. The Bertz CT molecular complexity index is 1180. The van der Waals surface area contributed by atoms with Gasteiger partial charge in [0, 0.05) is 17.3 Å². The Balaban J connectivity index is 1.48. The van der Waals surface area contributed by atoms with Crippen LogP contribution in [0.15, 0.2) is 71.6 Å². The number of benzene rings is 3. The van der Waals surface area contributed by atoms with E-state index in [2.05, 4.69) is 10.0 Å². The topological polar surface area (TPSA) is 93.7 Å². The van der Waals surface area contributed by atoms with Crippen LogP contribution in [-0.2, 0) is 10.0 Å². The van der Waals surface area contributed by atoms with Crippen molar-refractivity contribution >= 4 is 27.3 Å². The zero-order valence-corrected chi connectivity index (χ0v) is 15.7.